The van der Waals surface area contributed by atoms with Gasteiger partial charge in [-0.2, -0.15) is 5.10 Å². The monoisotopic (exact) mass is 357 g/mol. The lowest BCUT2D eigenvalue weighted by molar-refractivity contribution is -0.115. The predicted octanol–water partition coefficient (Wildman–Crippen LogP) is 4.09. The van der Waals surface area contributed by atoms with E-state index in [0.717, 1.165) is 11.1 Å². The molecule has 2 amide bonds. The Balaban J connectivity index is 1.93. The number of hydrogen-bond donors (Lipinski definition) is 2. The Hall–Kier alpha value is -2.66. The molecule has 0 radical (unpaired) electrons. The summed E-state index contributed by atoms with van der Waals surface area (Å²) in [5, 5.41) is 7.42. The fraction of sp³-hybridized carbons (Fsp3) is 0.211. The molecule has 0 heterocycles. The first kappa shape index (κ1) is 18.7. The summed E-state index contributed by atoms with van der Waals surface area (Å²) in [5.41, 5.74) is 5.98. The van der Waals surface area contributed by atoms with Crippen LogP contribution in [0, 0.1) is 13.8 Å². The predicted molar refractivity (Wildman–Crippen MR) is 101 cm³/mol. The Morgan fingerprint density at radius 2 is 1.80 bits per heavy atom. The van der Waals surface area contributed by atoms with Crippen LogP contribution in [0.3, 0.4) is 0 Å². The lowest BCUT2D eigenvalue weighted by Gasteiger charge is -2.09. The molecule has 0 saturated carbocycles. The molecule has 130 valence electrons. The highest BCUT2D eigenvalue weighted by atomic mass is 35.5. The molecule has 2 rings (SSSR count). The molecule has 0 bridgehead atoms. The van der Waals surface area contributed by atoms with Crippen LogP contribution in [0.15, 0.2) is 47.6 Å². The largest absolute Gasteiger partial charge is 0.326 e. The average molecular weight is 358 g/mol. The SMILES string of the molecule is CC(CC(=O)Nc1ccc(Cl)cc1C)=NNC(=O)c1ccccc1C. The molecule has 5 nitrogen and oxygen atoms in total. The zero-order chi connectivity index (χ0) is 18.4. The van der Waals surface area contributed by atoms with E-state index in [2.05, 4.69) is 15.8 Å². The third kappa shape index (κ3) is 5.43. The van der Waals surface area contributed by atoms with Crippen LogP contribution in [0.25, 0.3) is 0 Å². The topological polar surface area (TPSA) is 70.6 Å². The van der Waals surface area contributed by atoms with Crippen LogP contribution < -0.4 is 10.7 Å². The highest BCUT2D eigenvalue weighted by Crippen LogP contribution is 2.19. The smallest absolute Gasteiger partial charge is 0.271 e. The highest BCUT2D eigenvalue weighted by molar-refractivity contribution is 6.30. The fourth-order valence-corrected chi connectivity index (χ4v) is 2.49. The zero-order valence-electron chi connectivity index (χ0n) is 14.4. The average Bonchev–Trinajstić information content (AvgIpc) is 2.55. The Morgan fingerprint density at radius 1 is 1.08 bits per heavy atom. The third-order valence-electron chi connectivity index (χ3n) is 3.62. The summed E-state index contributed by atoms with van der Waals surface area (Å²) in [6.45, 7) is 5.41. The van der Waals surface area contributed by atoms with E-state index in [1.807, 2.05) is 26.0 Å². The second-order valence-electron chi connectivity index (χ2n) is 5.79. The van der Waals surface area contributed by atoms with Crippen molar-refractivity contribution in [3.05, 3.63) is 64.2 Å². The number of hydrazone groups is 1. The minimum absolute atomic E-state index is 0.0795. The van der Waals surface area contributed by atoms with Crippen LogP contribution in [-0.2, 0) is 4.79 Å². The van der Waals surface area contributed by atoms with Crippen LogP contribution in [-0.4, -0.2) is 17.5 Å². The van der Waals surface area contributed by atoms with E-state index in [0.29, 0.717) is 22.0 Å². The minimum atomic E-state index is -0.300. The number of nitrogens with one attached hydrogen (secondary N) is 2. The van der Waals surface area contributed by atoms with Crippen molar-refractivity contribution in [3.63, 3.8) is 0 Å². The van der Waals surface area contributed by atoms with Gasteiger partial charge >= 0.3 is 0 Å². The lowest BCUT2D eigenvalue weighted by Crippen LogP contribution is -2.22. The number of nitrogens with zero attached hydrogens (tertiary/aromatic N) is 1. The molecule has 2 N–H and O–H groups in total. The zero-order valence-corrected chi connectivity index (χ0v) is 15.1. The van der Waals surface area contributed by atoms with Gasteiger partial charge in [0.25, 0.3) is 5.91 Å². The van der Waals surface area contributed by atoms with Gasteiger partial charge in [-0.25, -0.2) is 5.43 Å². The number of carbonyl (C=O) groups is 2. The lowest BCUT2D eigenvalue weighted by atomic mass is 10.1. The highest BCUT2D eigenvalue weighted by Gasteiger charge is 2.09. The summed E-state index contributed by atoms with van der Waals surface area (Å²) in [4.78, 5) is 24.2. The molecule has 0 unspecified atom stereocenters. The first-order valence-electron chi connectivity index (χ1n) is 7.82. The van der Waals surface area contributed by atoms with E-state index < -0.39 is 0 Å². The maximum atomic E-state index is 12.1. The molecule has 0 saturated heterocycles. The standard InChI is InChI=1S/C19H20ClN3O2/c1-12-6-4-5-7-16(12)19(25)23-22-14(3)11-18(24)21-17-9-8-15(20)10-13(17)2/h4-10H,11H2,1-3H3,(H,21,24)(H,23,25). The summed E-state index contributed by atoms with van der Waals surface area (Å²) >= 11 is 5.90. The molecule has 0 fully saturated rings. The number of benzene rings is 2. The van der Waals surface area contributed by atoms with Crippen molar-refractivity contribution in [1.82, 2.24) is 5.43 Å². The number of halogens is 1. The van der Waals surface area contributed by atoms with Crippen molar-refractivity contribution in [2.75, 3.05) is 5.32 Å². The van der Waals surface area contributed by atoms with Gasteiger partial charge in [-0.15, -0.1) is 0 Å². The van der Waals surface area contributed by atoms with Gasteiger partial charge in [-0.1, -0.05) is 29.8 Å². The first-order valence-corrected chi connectivity index (χ1v) is 8.19. The summed E-state index contributed by atoms with van der Waals surface area (Å²) in [7, 11) is 0. The van der Waals surface area contributed by atoms with E-state index in [1.54, 1.807) is 37.3 Å². The Bertz CT molecular complexity index is 831. The maximum absolute atomic E-state index is 12.1. The summed E-state index contributed by atoms with van der Waals surface area (Å²) < 4.78 is 0. The molecular weight excluding hydrogens is 338 g/mol. The Labute approximate surface area is 152 Å². The normalized spacial score (nSPS) is 11.1. The van der Waals surface area contributed by atoms with Crippen LogP contribution in [0.4, 0.5) is 5.69 Å². The van der Waals surface area contributed by atoms with Gasteiger partial charge in [0.05, 0.1) is 6.42 Å². The van der Waals surface area contributed by atoms with Gasteiger partial charge in [0.1, 0.15) is 0 Å². The van der Waals surface area contributed by atoms with Crippen molar-refractivity contribution >= 4 is 34.8 Å². The number of amides is 2. The summed E-state index contributed by atoms with van der Waals surface area (Å²) in [6, 6.07) is 12.5. The minimum Gasteiger partial charge on any atom is -0.326 e. The molecule has 2 aromatic carbocycles. The second kappa shape index (κ2) is 8.44. The molecule has 6 heteroatoms. The van der Waals surface area contributed by atoms with E-state index >= 15 is 0 Å². The van der Waals surface area contributed by atoms with Crippen LogP contribution in [0.1, 0.15) is 34.8 Å². The van der Waals surface area contributed by atoms with Crippen LogP contribution in [0.5, 0.6) is 0 Å². The van der Waals surface area contributed by atoms with Crippen LogP contribution in [0.2, 0.25) is 5.02 Å². The van der Waals surface area contributed by atoms with Gasteiger partial charge < -0.3 is 5.32 Å². The number of rotatable bonds is 5. The number of hydrogen-bond acceptors (Lipinski definition) is 3. The quantitative estimate of drug-likeness (QED) is 0.625. The fourth-order valence-electron chi connectivity index (χ4n) is 2.27. The van der Waals surface area contributed by atoms with Crippen molar-refractivity contribution in [3.8, 4) is 0 Å². The van der Waals surface area contributed by atoms with Gasteiger partial charge in [0, 0.05) is 22.0 Å². The van der Waals surface area contributed by atoms with Crippen molar-refractivity contribution in [2.45, 2.75) is 27.2 Å². The molecule has 0 aliphatic carbocycles. The number of anilines is 1. The maximum Gasteiger partial charge on any atom is 0.271 e. The van der Waals surface area contributed by atoms with Crippen molar-refractivity contribution in [2.24, 2.45) is 5.10 Å². The van der Waals surface area contributed by atoms with E-state index in [4.69, 9.17) is 11.6 Å². The Morgan fingerprint density at radius 3 is 2.48 bits per heavy atom. The summed E-state index contributed by atoms with van der Waals surface area (Å²) in [6.07, 6.45) is 0.0795. The molecule has 0 atom stereocenters. The van der Waals surface area contributed by atoms with Gasteiger partial charge in [-0.3, -0.25) is 9.59 Å². The first-order chi connectivity index (χ1) is 11.9. The van der Waals surface area contributed by atoms with E-state index in [-0.39, 0.29) is 18.2 Å². The van der Waals surface area contributed by atoms with E-state index in [1.165, 1.54) is 0 Å². The molecule has 0 aliphatic heterocycles. The summed E-state index contributed by atoms with van der Waals surface area (Å²) in [5.74, 6) is -0.511. The molecular formula is C19H20ClN3O2. The van der Waals surface area contributed by atoms with Gasteiger partial charge in [0.2, 0.25) is 5.91 Å². The van der Waals surface area contributed by atoms with Crippen molar-refractivity contribution in [1.29, 1.82) is 0 Å². The van der Waals surface area contributed by atoms with Gasteiger partial charge in [-0.05, 0) is 56.2 Å². The molecule has 2 aromatic rings. The Kier molecular flexibility index (Phi) is 6.31. The molecule has 0 spiro atoms. The van der Waals surface area contributed by atoms with Crippen LogP contribution >= 0.6 is 11.6 Å². The van der Waals surface area contributed by atoms with Crippen molar-refractivity contribution < 1.29 is 9.59 Å². The number of aryl methyl sites for hydroxylation is 2. The third-order valence-corrected chi connectivity index (χ3v) is 3.85. The molecule has 0 aromatic heterocycles. The van der Waals surface area contributed by atoms with E-state index in [9.17, 15) is 9.59 Å². The number of carbonyl (C=O) groups excluding carboxylic acids is 2. The molecule has 0 aliphatic rings. The second-order valence-corrected chi connectivity index (χ2v) is 6.22. The molecule has 25 heavy (non-hydrogen) atoms. The van der Waals surface area contributed by atoms with Gasteiger partial charge in [0.15, 0.2) is 0 Å².